The van der Waals surface area contributed by atoms with Gasteiger partial charge in [0, 0.05) is 39.1 Å². The molecule has 0 saturated carbocycles. The van der Waals surface area contributed by atoms with Crippen LogP contribution in [0.4, 0.5) is 0 Å². The van der Waals surface area contributed by atoms with E-state index in [0.29, 0.717) is 39.0 Å². The van der Waals surface area contributed by atoms with Crippen LogP contribution in [-0.2, 0) is 16.0 Å². The summed E-state index contributed by atoms with van der Waals surface area (Å²) in [7, 11) is 0. The van der Waals surface area contributed by atoms with Crippen molar-refractivity contribution in [2.24, 2.45) is 11.7 Å². The molecule has 2 N–H and O–H groups in total. The Hall–Kier alpha value is -2.66. The molecule has 1 aliphatic rings. The van der Waals surface area contributed by atoms with Gasteiger partial charge in [-0.3, -0.25) is 9.59 Å². The molecule has 0 aromatic heterocycles. The van der Waals surface area contributed by atoms with Crippen LogP contribution in [0.3, 0.4) is 0 Å². The van der Waals surface area contributed by atoms with Crippen LogP contribution in [0.25, 0.3) is 11.1 Å². The van der Waals surface area contributed by atoms with E-state index in [-0.39, 0.29) is 17.7 Å². The average molecular weight is 408 g/mol. The van der Waals surface area contributed by atoms with Gasteiger partial charge in [-0.15, -0.1) is 0 Å². The zero-order chi connectivity index (χ0) is 21.5. The summed E-state index contributed by atoms with van der Waals surface area (Å²) in [6, 6.07) is 16.8. The van der Waals surface area contributed by atoms with E-state index in [1.54, 1.807) is 0 Å². The van der Waals surface area contributed by atoms with Crippen LogP contribution in [0.15, 0.2) is 48.5 Å². The molecule has 1 saturated heterocycles. The van der Waals surface area contributed by atoms with Crippen molar-refractivity contribution in [1.82, 2.24) is 9.80 Å². The number of aryl methyl sites for hydroxylation is 1. The molecule has 2 aromatic rings. The number of carbonyl (C=O) groups excluding carboxylic acids is 2. The van der Waals surface area contributed by atoms with Gasteiger partial charge in [0.25, 0.3) is 0 Å². The fourth-order valence-electron chi connectivity index (χ4n) is 4.18. The maximum atomic E-state index is 13.3. The minimum atomic E-state index is -0.243. The predicted molar refractivity (Wildman–Crippen MR) is 121 cm³/mol. The second-order valence-corrected chi connectivity index (χ2v) is 8.13. The van der Waals surface area contributed by atoms with Crippen molar-refractivity contribution in [3.8, 4) is 11.1 Å². The van der Waals surface area contributed by atoms with E-state index in [1.807, 2.05) is 21.9 Å². The van der Waals surface area contributed by atoms with Gasteiger partial charge in [-0.1, -0.05) is 61.0 Å². The van der Waals surface area contributed by atoms with E-state index in [9.17, 15) is 9.59 Å². The molecule has 1 atom stereocenters. The molecule has 2 aromatic carbocycles. The topological polar surface area (TPSA) is 66.6 Å². The van der Waals surface area contributed by atoms with Crippen molar-refractivity contribution < 1.29 is 9.59 Å². The summed E-state index contributed by atoms with van der Waals surface area (Å²) in [6.45, 7) is 6.86. The number of nitrogens with zero attached hydrogens (tertiary/aromatic N) is 2. The summed E-state index contributed by atoms with van der Waals surface area (Å²) in [5.41, 5.74) is 10.3. The Balaban J connectivity index is 1.89. The largest absolute Gasteiger partial charge is 0.341 e. The molecule has 3 rings (SSSR count). The third-order valence-electron chi connectivity index (χ3n) is 5.79. The fourth-order valence-corrected chi connectivity index (χ4v) is 4.18. The first-order valence-corrected chi connectivity index (χ1v) is 10.9. The Morgan fingerprint density at radius 1 is 1.10 bits per heavy atom. The SMILES string of the molecule is CCCN1CCN(C(=O)CCN)C[C@H](Cc2ccccc2-c2ccc(C)cc2)C1=O. The summed E-state index contributed by atoms with van der Waals surface area (Å²) in [6.07, 6.45) is 1.86. The van der Waals surface area contributed by atoms with E-state index < -0.39 is 0 Å². The monoisotopic (exact) mass is 407 g/mol. The third kappa shape index (κ3) is 5.28. The number of carbonyl (C=O) groups is 2. The Morgan fingerprint density at radius 2 is 1.83 bits per heavy atom. The van der Waals surface area contributed by atoms with Gasteiger partial charge < -0.3 is 15.5 Å². The summed E-state index contributed by atoms with van der Waals surface area (Å²) < 4.78 is 0. The van der Waals surface area contributed by atoms with Crippen molar-refractivity contribution in [2.75, 3.05) is 32.7 Å². The number of rotatable bonds is 7. The normalized spacial score (nSPS) is 17.2. The second-order valence-electron chi connectivity index (χ2n) is 8.13. The first-order valence-electron chi connectivity index (χ1n) is 10.9. The highest BCUT2D eigenvalue weighted by Gasteiger charge is 2.32. The lowest BCUT2D eigenvalue weighted by Crippen LogP contribution is -2.38. The van der Waals surface area contributed by atoms with Gasteiger partial charge in [0.05, 0.1) is 5.92 Å². The van der Waals surface area contributed by atoms with Gasteiger partial charge >= 0.3 is 0 Å². The quantitative estimate of drug-likeness (QED) is 0.766. The molecule has 1 heterocycles. The van der Waals surface area contributed by atoms with Crippen LogP contribution >= 0.6 is 0 Å². The van der Waals surface area contributed by atoms with E-state index in [1.165, 1.54) is 5.56 Å². The van der Waals surface area contributed by atoms with Gasteiger partial charge in [-0.25, -0.2) is 0 Å². The first-order chi connectivity index (χ1) is 14.5. The molecular weight excluding hydrogens is 374 g/mol. The van der Waals surface area contributed by atoms with Crippen molar-refractivity contribution in [3.63, 3.8) is 0 Å². The number of hydrogen-bond acceptors (Lipinski definition) is 3. The van der Waals surface area contributed by atoms with Crippen molar-refractivity contribution in [1.29, 1.82) is 0 Å². The first kappa shape index (κ1) is 22.0. The predicted octanol–water partition coefficient (Wildman–Crippen LogP) is 3.25. The van der Waals surface area contributed by atoms with Crippen LogP contribution in [0, 0.1) is 12.8 Å². The van der Waals surface area contributed by atoms with Crippen molar-refractivity contribution in [3.05, 3.63) is 59.7 Å². The molecule has 5 nitrogen and oxygen atoms in total. The Bertz CT molecular complexity index is 863. The zero-order valence-corrected chi connectivity index (χ0v) is 18.1. The molecule has 30 heavy (non-hydrogen) atoms. The molecule has 0 unspecified atom stereocenters. The standard InChI is InChI=1S/C25H33N3O2/c1-3-14-27-15-16-28(24(29)12-13-26)18-22(25(27)30)17-21-6-4-5-7-23(21)20-10-8-19(2)9-11-20/h4-11,22H,3,12-18,26H2,1-2H3/t22-/m0/s1. The van der Waals surface area contributed by atoms with Gasteiger partial charge in [-0.05, 0) is 36.5 Å². The van der Waals surface area contributed by atoms with Crippen LogP contribution in [0.1, 0.15) is 30.9 Å². The van der Waals surface area contributed by atoms with E-state index >= 15 is 0 Å². The Labute approximate surface area is 179 Å². The molecule has 0 bridgehead atoms. The fraction of sp³-hybridized carbons (Fsp3) is 0.440. The van der Waals surface area contributed by atoms with Gasteiger partial charge in [-0.2, -0.15) is 0 Å². The Morgan fingerprint density at radius 3 is 2.53 bits per heavy atom. The van der Waals surface area contributed by atoms with Gasteiger partial charge in [0.15, 0.2) is 0 Å². The summed E-state index contributed by atoms with van der Waals surface area (Å²) >= 11 is 0. The molecule has 160 valence electrons. The summed E-state index contributed by atoms with van der Waals surface area (Å²) in [5, 5.41) is 0. The lowest BCUT2D eigenvalue weighted by Gasteiger charge is -2.24. The molecule has 0 spiro atoms. The number of benzene rings is 2. The van der Waals surface area contributed by atoms with Crippen LogP contribution < -0.4 is 5.73 Å². The van der Waals surface area contributed by atoms with Crippen LogP contribution in [-0.4, -0.2) is 54.3 Å². The van der Waals surface area contributed by atoms with E-state index in [0.717, 1.165) is 29.7 Å². The van der Waals surface area contributed by atoms with Crippen molar-refractivity contribution in [2.45, 2.75) is 33.1 Å². The maximum absolute atomic E-state index is 13.3. The third-order valence-corrected chi connectivity index (χ3v) is 5.79. The lowest BCUT2D eigenvalue weighted by atomic mass is 9.91. The molecule has 5 heteroatoms. The van der Waals surface area contributed by atoms with Gasteiger partial charge in [0.2, 0.25) is 11.8 Å². The number of hydrogen-bond donors (Lipinski definition) is 1. The molecule has 0 aliphatic carbocycles. The highest BCUT2D eigenvalue weighted by Crippen LogP contribution is 2.27. The molecule has 1 aliphatic heterocycles. The highest BCUT2D eigenvalue weighted by atomic mass is 16.2. The van der Waals surface area contributed by atoms with E-state index in [2.05, 4.69) is 50.2 Å². The number of amides is 2. The molecule has 2 amide bonds. The Kier molecular flexibility index (Phi) is 7.63. The smallest absolute Gasteiger partial charge is 0.227 e. The second kappa shape index (κ2) is 10.4. The summed E-state index contributed by atoms with van der Waals surface area (Å²) in [4.78, 5) is 29.6. The minimum Gasteiger partial charge on any atom is -0.341 e. The molecule has 1 fully saturated rings. The highest BCUT2D eigenvalue weighted by molar-refractivity contribution is 5.83. The van der Waals surface area contributed by atoms with Crippen molar-refractivity contribution >= 4 is 11.8 Å². The lowest BCUT2D eigenvalue weighted by molar-refractivity contribution is -0.135. The van der Waals surface area contributed by atoms with Gasteiger partial charge in [0.1, 0.15) is 0 Å². The van der Waals surface area contributed by atoms with E-state index in [4.69, 9.17) is 5.73 Å². The summed E-state index contributed by atoms with van der Waals surface area (Å²) in [5.74, 6) is -0.0496. The molecular formula is C25H33N3O2. The van der Waals surface area contributed by atoms with Crippen LogP contribution in [0.5, 0.6) is 0 Å². The minimum absolute atomic E-state index is 0.0421. The van der Waals surface area contributed by atoms with Crippen LogP contribution in [0.2, 0.25) is 0 Å². The number of nitrogens with two attached hydrogens (primary N) is 1. The molecule has 0 radical (unpaired) electrons. The zero-order valence-electron chi connectivity index (χ0n) is 18.1. The average Bonchev–Trinajstić information content (AvgIpc) is 2.89. The maximum Gasteiger partial charge on any atom is 0.227 e.